The SMILES string of the molecule is Cc1nc(CN(C)c2ncnc(Cl)c2C(C)C)cs1. The fraction of sp³-hybridized carbons (Fsp3) is 0.462. The summed E-state index contributed by atoms with van der Waals surface area (Å²) in [5, 5.41) is 3.68. The van der Waals surface area contributed by atoms with E-state index in [1.54, 1.807) is 11.3 Å². The molecule has 0 aliphatic carbocycles. The van der Waals surface area contributed by atoms with Gasteiger partial charge in [-0.05, 0) is 12.8 Å². The summed E-state index contributed by atoms with van der Waals surface area (Å²) in [6, 6.07) is 0. The van der Waals surface area contributed by atoms with Crippen molar-refractivity contribution >= 4 is 28.8 Å². The topological polar surface area (TPSA) is 41.9 Å². The van der Waals surface area contributed by atoms with E-state index in [2.05, 4.69) is 39.1 Å². The Morgan fingerprint density at radius 1 is 1.37 bits per heavy atom. The molecule has 0 bridgehead atoms. The maximum Gasteiger partial charge on any atom is 0.138 e. The first-order valence-electron chi connectivity index (χ1n) is 6.11. The first-order chi connectivity index (χ1) is 8.99. The highest BCUT2D eigenvalue weighted by atomic mass is 35.5. The Morgan fingerprint density at radius 3 is 2.68 bits per heavy atom. The second kappa shape index (κ2) is 5.84. The molecule has 2 heterocycles. The molecule has 4 nitrogen and oxygen atoms in total. The monoisotopic (exact) mass is 296 g/mol. The predicted molar refractivity (Wildman–Crippen MR) is 80.1 cm³/mol. The second-order valence-corrected chi connectivity index (χ2v) is 6.19. The molecule has 0 N–H and O–H groups in total. The van der Waals surface area contributed by atoms with Crippen LogP contribution in [0.1, 0.15) is 36.0 Å². The first kappa shape index (κ1) is 14.2. The first-order valence-corrected chi connectivity index (χ1v) is 7.37. The summed E-state index contributed by atoms with van der Waals surface area (Å²) in [5.41, 5.74) is 2.04. The van der Waals surface area contributed by atoms with Crippen molar-refractivity contribution < 1.29 is 0 Å². The van der Waals surface area contributed by atoms with Crippen molar-refractivity contribution in [1.29, 1.82) is 0 Å². The largest absolute Gasteiger partial charge is 0.353 e. The number of halogens is 1. The van der Waals surface area contributed by atoms with Crippen molar-refractivity contribution in [3.8, 4) is 0 Å². The molecule has 0 atom stereocenters. The number of hydrogen-bond acceptors (Lipinski definition) is 5. The van der Waals surface area contributed by atoms with Gasteiger partial charge in [0.2, 0.25) is 0 Å². The average molecular weight is 297 g/mol. The summed E-state index contributed by atoms with van der Waals surface area (Å²) in [7, 11) is 2.00. The van der Waals surface area contributed by atoms with Gasteiger partial charge in [-0.3, -0.25) is 0 Å². The minimum Gasteiger partial charge on any atom is -0.353 e. The lowest BCUT2D eigenvalue weighted by Crippen LogP contribution is -2.20. The predicted octanol–water partition coefficient (Wildman–Crippen LogP) is 3.65. The summed E-state index contributed by atoms with van der Waals surface area (Å²) in [6.45, 7) is 6.91. The Hall–Kier alpha value is -1.20. The third-order valence-corrected chi connectivity index (χ3v) is 3.94. The molecule has 0 saturated carbocycles. The van der Waals surface area contributed by atoms with Gasteiger partial charge in [0.25, 0.3) is 0 Å². The zero-order chi connectivity index (χ0) is 14.0. The van der Waals surface area contributed by atoms with Gasteiger partial charge >= 0.3 is 0 Å². The highest BCUT2D eigenvalue weighted by molar-refractivity contribution is 7.09. The molecule has 19 heavy (non-hydrogen) atoms. The molecule has 2 aromatic heterocycles. The zero-order valence-electron chi connectivity index (χ0n) is 11.5. The molecule has 0 amide bonds. The summed E-state index contributed by atoms with van der Waals surface area (Å²) < 4.78 is 0. The molecule has 102 valence electrons. The van der Waals surface area contributed by atoms with E-state index in [1.165, 1.54) is 6.33 Å². The Labute approximate surface area is 122 Å². The molecule has 6 heteroatoms. The summed E-state index contributed by atoms with van der Waals surface area (Å²) in [4.78, 5) is 15.0. The number of thiazole rings is 1. The van der Waals surface area contributed by atoms with Crippen LogP contribution in [0.2, 0.25) is 5.15 Å². The Kier molecular flexibility index (Phi) is 4.37. The van der Waals surface area contributed by atoms with Crippen LogP contribution in [0.15, 0.2) is 11.7 Å². The smallest absolute Gasteiger partial charge is 0.138 e. The van der Waals surface area contributed by atoms with E-state index in [4.69, 9.17) is 11.6 Å². The number of aromatic nitrogens is 3. The van der Waals surface area contributed by atoms with E-state index in [0.717, 1.165) is 28.6 Å². The standard InChI is InChI=1S/C13H17ClN4S/c1-8(2)11-12(14)15-7-16-13(11)18(4)5-10-6-19-9(3)17-10/h6-8H,5H2,1-4H3. The molecule has 0 unspecified atom stereocenters. The lowest BCUT2D eigenvalue weighted by Gasteiger charge is -2.22. The number of hydrogen-bond donors (Lipinski definition) is 0. The maximum atomic E-state index is 6.18. The minimum atomic E-state index is 0.281. The van der Waals surface area contributed by atoms with Crippen molar-refractivity contribution in [2.24, 2.45) is 0 Å². The van der Waals surface area contributed by atoms with Crippen LogP contribution in [0.25, 0.3) is 0 Å². The molecule has 0 spiro atoms. The molecule has 2 rings (SSSR count). The fourth-order valence-electron chi connectivity index (χ4n) is 1.96. The van der Waals surface area contributed by atoms with Crippen LogP contribution < -0.4 is 4.90 Å². The van der Waals surface area contributed by atoms with Crippen molar-refractivity contribution in [3.63, 3.8) is 0 Å². The van der Waals surface area contributed by atoms with E-state index in [-0.39, 0.29) is 5.92 Å². The summed E-state index contributed by atoms with van der Waals surface area (Å²) in [6.07, 6.45) is 1.51. The van der Waals surface area contributed by atoms with Crippen molar-refractivity contribution in [3.05, 3.63) is 33.1 Å². The molecule has 0 aliphatic heterocycles. The Bertz CT molecular complexity index is 568. The van der Waals surface area contributed by atoms with Gasteiger partial charge in [-0.25, -0.2) is 15.0 Å². The van der Waals surface area contributed by atoms with Crippen LogP contribution in [-0.4, -0.2) is 22.0 Å². The van der Waals surface area contributed by atoms with Gasteiger partial charge in [-0.15, -0.1) is 11.3 Å². The van der Waals surface area contributed by atoms with Gasteiger partial charge in [-0.1, -0.05) is 25.4 Å². The van der Waals surface area contributed by atoms with Gasteiger partial charge in [0.05, 0.1) is 17.2 Å². The number of rotatable bonds is 4. The fourth-order valence-corrected chi connectivity index (χ4v) is 2.92. The van der Waals surface area contributed by atoms with Crippen LogP contribution >= 0.6 is 22.9 Å². The molecule has 0 saturated heterocycles. The molecule has 0 radical (unpaired) electrons. The van der Waals surface area contributed by atoms with Crippen LogP contribution in [0.5, 0.6) is 0 Å². The maximum absolute atomic E-state index is 6.18. The zero-order valence-corrected chi connectivity index (χ0v) is 13.1. The van der Waals surface area contributed by atoms with Crippen molar-refractivity contribution in [2.45, 2.75) is 33.2 Å². The number of anilines is 1. The van der Waals surface area contributed by atoms with E-state index in [0.29, 0.717) is 5.15 Å². The van der Waals surface area contributed by atoms with E-state index >= 15 is 0 Å². The molecular weight excluding hydrogens is 280 g/mol. The normalized spacial score (nSPS) is 11.1. The Morgan fingerprint density at radius 2 is 2.11 bits per heavy atom. The van der Waals surface area contributed by atoms with Crippen LogP contribution in [0.4, 0.5) is 5.82 Å². The Balaban J connectivity index is 2.28. The van der Waals surface area contributed by atoms with Gasteiger partial charge in [0.1, 0.15) is 17.3 Å². The summed E-state index contributed by atoms with van der Waals surface area (Å²) in [5.74, 6) is 1.16. The number of nitrogens with zero attached hydrogens (tertiary/aromatic N) is 4. The van der Waals surface area contributed by atoms with Gasteiger partial charge in [0.15, 0.2) is 0 Å². The third kappa shape index (κ3) is 3.22. The third-order valence-electron chi connectivity index (χ3n) is 2.82. The molecule has 2 aromatic rings. The van der Waals surface area contributed by atoms with Crippen molar-refractivity contribution in [1.82, 2.24) is 15.0 Å². The van der Waals surface area contributed by atoms with Gasteiger partial charge in [0, 0.05) is 18.0 Å². The van der Waals surface area contributed by atoms with E-state index in [9.17, 15) is 0 Å². The lowest BCUT2D eigenvalue weighted by atomic mass is 10.1. The van der Waals surface area contributed by atoms with E-state index < -0.39 is 0 Å². The quantitative estimate of drug-likeness (QED) is 0.808. The van der Waals surface area contributed by atoms with Gasteiger partial charge in [-0.2, -0.15) is 0 Å². The summed E-state index contributed by atoms with van der Waals surface area (Å²) >= 11 is 7.84. The van der Waals surface area contributed by atoms with Crippen LogP contribution in [-0.2, 0) is 6.54 Å². The molecule has 0 fully saturated rings. The van der Waals surface area contributed by atoms with Crippen LogP contribution in [0.3, 0.4) is 0 Å². The number of aryl methyl sites for hydroxylation is 1. The highest BCUT2D eigenvalue weighted by Crippen LogP contribution is 2.30. The molecule has 0 aliphatic rings. The van der Waals surface area contributed by atoms with E-state index in [1.807, 2.05) is 14.0 Å². The molecule has 0 aromatic carbocycles. The molecular formula is C13H17ClN4S. The lowest BCUT2D eigenvalue weighted by molar-refractivity contribution is 0.801. The highest BCUT2D eigenvalue weighted by Gasteiger charge is 2.17. The van der Waals surface area contributed by atoms with Crippen molar-refractivity contribution in [2.75, 3.05) is 11.9 Å². The van der Waals surface area contributed by atoms with Crippen LogP contribution in [0, 0.1) is 6.92 Å². The minimum absolute atomic E-state index is 0.281. The average Bonchev–Trinajstić information content (AvgIpc) is 2.73. The van der Waals surface area contributed by atoms with Gasteiger partial charge < -0.3 is 4.90 Å². The second-order valence-electron chi connectivity index (χ2n) is 4.77.